The Morgan fingerprint density at radius 2 is 2.11 bits per heavy atom. The predicted molar refractivity (Wildman–Crippen MR) is 80.6 cm³/mol. The van der Waals surface area contributed by atoms with Gasteiger partial charge in [0.15, 0.2) is 0 Å². The van der Waals surface area contributed by atoms with E-state index in [1.54, 1.807) is 0 Å². The lowest BCUT2D eigenvalue weighted by Crippen LogP contribution is -2.34. The van der Waals surface area contributed by atoms with Gasteiger partial charge in [-0.25, -0.2) is 4.98 Å². The van der Waals surface area contributed by atoms with Gasteiger partial charge in [-0.05, 0) is 38.6 Å². The van der Waals surface area contributed by atoms with Gasteiger partial charge in [-0.3, -0.25) is 4.40 Å². The summed E-state index contributed by atoms with van der Waals surface area (Å²) in [6.07, 6.45) is 4.99. The maximum atomic E-state index is 4.32. The third kappa shape index (κ3) is 3.70. The molecule has 0 fully saturated rings. The van der Waals surface area contributed by atoms with E-state index in [-0.39, 0.29) is 0 Å². The Bertz CT molecular complexity index is 506. The summed E-state index contributed by atoms with van der Waals surface area (Å²) in [5, 5.41) is 3.65. The normalized spacial score (nSPS) is 13.4. The molecule has 4 heteroatoms. The van der Waals surface area contributed by atoms with Gasteiger partial charge < -0.3 is 10.2 Å². The molecule has 2 aromatic heterocycles. The van der Waals surface area contributed by atoms with E-state index >= 15 is 0 Å². The van der Waals surface area contributed by atoms with Crippen molar-refractivity contribution < 1.29 is 0 Å². The van der Waals surface area contributed by atoms with Crippen LogP contribution in [-0.2, 0) is 0 Å². The molecule has 2 aromatic rings. The van der Waals surface area contributed by atoms with Crippen LogP contribution in [0, 0.1) is 5.92 Å². The lowest BCUT2D eigenvalue weighted by Gasteiger charge is -2.25. The smallest absolute Gasteiger partial charge is 0.138 e. The minimum atomic E-state index is 0.447. The summed E-state index contributed by atoms with van der Waals surface area (Å²) < 4.78 is 2.10. The molecule has 0 saturated carbocycles. The number of anilines is 1. The molecule has 0 aromatic carbocycles. The second kappa shape index (κ2) is 6.06. The Balaban J connectivity index is 2.17. The first kappa shape index (κ1) is 13.9. The summed E-state index contributed by atoms with van der Waals surface area (Å²) in [5.74, 6) is 1.79. The number of fused-ring (bicyclic) bond motifs is 1. The molecule has 0 bridgehead atoms. The fourth-order valence-electron chi connectivity index (χ4n) is 2.46. The average Bonchev–Trinajstić information content (AvgIpc) is 2.76. The van der Waals surface area contributed by atoms with Crippen LogP contribution in [0.1, 0.15) is 20.3 Å². The third-order valence-electron chi connectivity index (χ3n) is 3.12. The molecule has 2 heterocycles. The van der Waals surface area contributed by atoms with Gasteiger partial charge >= 0.3 is 0 Å². The van der Waals surface area contributed by atoms with E-state index in [1.165, 1.54) is 0 Å². The molecule has 0 spiro atoms. The number of nitrogens with zero attached hydrogens (tertiary/aromatic N) is 3. The van der Waals surface area contributed by atoms with Crippen LogP contribution in [0.2, 0.25) is 0 Å². The number of pyridine rings is 1. The lowest BCUT2D eigenvalue weighted by molar-refractivity contribution is 0.356. The van der Waals surface area contributed by atoms with Gasteiger partial charge in [0.1, 0.15) is 11.5 Å². The standard InChI is InChI=1S/C15H24N4/c1-12(2)10-13(11-18(3)4)17-15-7-5-6-14-16-8-9-19(14)15/h5-9,12-13,17H,10-11H2,1-4H3. The Kier molecular flexibility index (Phi) is 4.43. The highest BCUT2D eigenvalue weighted by Gasteiger charge is 2.13. The Morgan fingerprint density at radius 3 is 2.79 bits per heavy atom. The fourth-order valence-corrected chi connectivity index (χ4v) is 2.46. The van der Waals surface area contributed by atoms with Crippen molar-refractivity contribution in [3.63, 3.8) is 0 Å². The van der Waals surface area contributed by atoms with Crippen molar-refractivity contribution in [2.75, 3.05) is 26.0 Å². The van der Waals surface area contributed by atoms with Gasteiger partial charge in [0.25, 0.3) is 0 Å². The average molecular weight is 260 g/mol. The molecule has 2 rings (SSSR count). The van der Waals surface area contributed by atoms with E-state index in [2.05, 4.69) is 53.6 Å². The maximum absolute atomic E-state index is 4.32. The van der Waals surface area contributed by atoms with E-state index in [9.17, 15) is 0 Å². The zero-order chi connectivity index (χ0) is 13.8. The molecular weight excluding hydrogens is 236 g/mol. The summed E-state index contributed by atoms with van der Waals surface area (Å²) in [6, 6.07) is 6.63. The molecule has 1 atom stereocenters. The Hall–Kier alpha value is -1.55. The van der Waals surface area contributed by atoms with Crippen LogP contribution in [0.3, 0.4) is 0 Å². The van der Waals surface area contributed by atoms with Gasteiger partial charge in [-0.2, -0.15) is 0 Å². The number of aromatic nitrogens is 2. The molecule has 0 aliphatic heterocycles. The largest absolute Gasteiger partial charge is 0.367 e. The molecule has 0 saturated heterocycles. The number of hydrogen-bond acceptors (Lipinski definition) is 3. The number of hydrogen-bond donors (Lipinski definition) is 1. The van der Waals surface area contributed by atoms with Crippen LogP contribution in [0.4, 0.5) is 5.82 Å². The van der Waals surface area contributed by atoms with Crippen LogP contribution >= 0.6 is 0 Å². The highest BCUT2D eigenvalue weighted by atomic mass is 15.1. The quantitative estimate of drug-likeness (QED) is 0.867. The molecule has 1 N–H and O–H groups in total. The molecule has 4 nitrogen and oxygen atoms in total. The van der Waals surface area contributed by atoms with Crippen molar-refractivity contribution in [3.05, 3.63) is 30.6 Å². The SMILES string of the molecule is CC(C)CC(CN(C)C)Nc1cccc2nccn12. The van der Waals surface area contributed by atoms with Crippen molar-refractivity contribution in [3.8, 4) is 0 Å². The van der Waals surface area contributed by atoms with Crippen LogP contribution in [0.15, 0.2) is 30.6 Å². The Morgan fingerprint density at radius 1 is 1.32 bits per heavy atom. The van der Waals surface area contributed by atoms with E-state index in [4.69, 9.17) is 0 Å². The summed E-state index contributed by atoms with van der Waals surface area (Å²) in [6.45, 7) is 5.56. The van der Waals surface area contributed by atoms with Crippen LogP contribution in [0.25, 0.3) is 5.65 Å². The zero-order valence-corrected chi connectivity index (χ0v) is 12.3. The summed E-state index contributed by atoms with van der Waals surface area (Å²) in [7, 11) is 4.24. The van der Waals surface area contributed by atoms with E-state index < -0.39 is 0 Å². The number of likely N-dealkylation sites (N-methyl/N-ethyl adjacent to an activating group) is 1. The summed E-state index contributed by atoms with van der Waals surface area (Å²) in [5.41, 5.74) is 0.984. The number of nitrogens with one attached hydrogen (secondary N) is 1. The first-order valence-electron chi connectivity index (χ1n) is 6.89. The highest BCUT2D eigenvalue weighted by Crippen LogP contribution is 2.15. The molecule has 1 unspecified atom stereocenters. The van der Waals surface area contributed by atoms with Crippen LogP contribution in [0.5, 0.6) is 0 Å². The Labute approximate surface area is 115 Å². The van der Waals surface area contributed by atoms with Crippen molar-refractivity contribution in [1.29, 1.82) is 0 Å². The maximum Gasteiger partial charge on any atom is 0.138 e. The van der Waals surface area contributed by atoms with Crippen LogP contribution < -0.4 is 5.32 Å². The molecule has 0 aliphatic carbocycles. The second-order valence-corrected chi connectivity index (χ2v) is 5.80. The number of rotatable bonds is 6. The minimum absolute atomic E-state index is 0.447. The molecule has 19 heavy (non-hydrogen) atoms. The molecular formula is C15H24N4. The first-order valence-corrected chi connectivity index (χ1v) is 6.89. The highest BCUT2D eigenvalue weighted by molar-refractivity contribution is 5.50. The molecule has 104 valence electrons. The van der Waals surface area contributed by atoms with E-state index in [0.29, 0.717) is 12.0 Å². The summed E-state index contributed by atoms with van der Waals surface area (Å²) in [4.78, 5) is 6.55. The third-order valence-corrected chi connectivity index (χ3v) is 3.12. The van der Waals surface area contributed by atoms with Gasteiger partial charge in [0.05, 0.1) is 0 Å². The topological polar surface area (TPSA) is 32.6 Å². The van der Waals surface area contributed by atoms with E-state index in [0.717, 1.165) is 24.4 Å². The molecule has 0 radical (unpaired) electrons. The first-order chi connectivity index (χ1) is 9.06. The van der Waals surface area contributed by atoms with Crippen molar-refractivity contribution >= 4 is 11.5 Å². The minimum Gasteiger partial charge on any atom is -0.367 e. The van der Waals surface area contributed by atoms with E-state index in [1.807, 2.05) is 24.5 Å². The van der Waals surface area contributed by atoms with Gasteiger partial charge in [-0.15, -0.1) is 0 Å². The zero-order valence-electron chi connectivity index (χ0n) is 12.3. The predicted octanol–water partition coefficient (Wildman–Crippen LogP) is 2.72. The monoisotopic (exact) mass is 260 g/mol. The molecule has 0 amide bonds. The van der Waals surface area contributed by atoms with Gasteiger partial charge in [0.2, 0.25) is 0 Å². The van der Waals surface area contributed by atoms with Gasteiger partial charge in [0, 0.05) is 25.0 Å². The summed E-state index contributed by atoms with van der Waals surface area (Å²) >= 11 is 0. The van der Waals surface area contributed by atoms with Crippen molar-refractivity contribution in [1.82, 2.24) is 14.3 Å². The number of imidazole rings is 1. The van der Waals surface area contributed by atoms with Gasteiger partial charge in [-0.1, -0.05) is 19.9 Å². The van der Waals surface area contributed by atoms with Crippen LogP contribution in [-0.4, -0.2) is 41.0 Å². The van der Waals surface area contributed by atoms with Crippen molar-refractivity contribution in [2.45, 2.75) is 26.3 Å². The molecule has 0 aliphatic rings. The lowest BCUT2D eigenvalue weighted by atomic mass is 10.0. The second-order valence-electron chi connectivity index (χ2n) is 5.80. The fraction of sp³-hybridized carbons (Fsp3) is 0.533. The van der Waals surface area contributed by atoms with Crippen molar-refractivity contribution in [2.24, 2.45) is 5.92 Å².